The van der Waals surface area contributed by atoms with Crippen LogP contribution in [0.1, 0.15) is 37.3 Å². The van der Waals surface area contributed by atoms with Crippen LogP contribution in [0.3, 0.4) is 0 Å². The lowest BCUT2D eigenvalue weighted by Crippen LogP contribution is -2.55. The minimum atomic E-state index is -0.707. The number of carbonyl (C=O) groups excluding carboxylic acids is 1. The maximum Gasteiger partial charge on any atom is 0.252 e. The summed E-state index contributed by atoms with van der Waals surface area (Å²) in [5, 5.41) is 6.48. The smallest absolute Gasteiger partial charge is 0.252 e. The van der Waals surface area contributed by atoms with Gasteiger partial charge in [0.05, 0.1) is 13.2 Å². The molecule has 0 aliphatic carbocycles. The van der Waals surface area contributed by atoms with Crippen LogP contribution in [0, 0.1) is 0 Å². The van der Waals surface area contributed by atoms with Gasteiger partial charge in [-0.15, -0.1) is 0 Å². The van der Waals surface area contributed by atoms with E-state index in [4.69, 9.17) is 9.47 Å². The van der Waals surface area contributed by atoms with Crippen molar-refractivity contribution in [3.8, 4) is 5.75 Å². The van der Waals surface area contributed by atoms with Gasteiger partial charge in [-0.3, -0.25) is 9.69 Å². The third-order valence-electron chi connectivity index (χ3n) is 5.75. The first kappa shape index (κ1) is 19.1. The van der Waals surface area contributed by atoms with Gasteiger partial charge < -0.3 is 20.1 Å². The Kier molecular flexibility index (Phi) is 6.51. The number of hydrogen-bond donors (Lipinski definition) is 2. The maximum absolute atomic E-state index is 12.9. The fraction of sp³-hybridized carbons (Fsp3) is 0.650. The van der Waals surface area contributed by atoms with Crippen LogP contribution in [-0.4, -0.2) is 63.4 Å². The number of amides is 1. The molecule has 1 atom stereocenters. The van der Waals surface area contributed by atoms with Crippen molar-refractivity contribution in [3.63, 3.8) is 0 Å². The molecule has 6 heteroatoms. The van der Waals surface area contributed by atoms with Crippen molar-refractivity contribution in [2.45, 2.75) is 37.3 Å². The van der Waals surface area contributed by atoms with Gasteiger partial charge in [0.2, 0.25) is 0 Å². The van der Waals surface area contributed by atoms with E-state index in [0.29, 0.717) is 19.4 Å². The first-order valence-electron chi connectivity index (χ1n) is 9.61. The van der Waals surface area contributed by atoms with Gasteiger partial charge in [0.25, 0.3) is 5.91 Å². The van der Waals surface area contributed by atoms with Gasteiger partial charge in [-0.2, -0.15) is 0 Å². The Labute approximate surface area is 156 Å². The van der Waals surface area contributed by atoms with Gasteiger partial charge in [-0.05, 0) is 57.9 Å². The Morgan fingerprint density at radius 3 is 2.58 bits per heavy atom. The minimum Gasteiger partial charge on any atom is -0.496 e. The lowest BCUT2D eigenvalue weighted by Gasteiger charge is -2.36. The molecule has 1 unspecified atom stereocenters. The number of para-hydroxylation sites is 1. The van der Waals surface area contributed by atoms with E-state index in [1.807, 2.05) is 18.2 Å². The molecular weight excluding hydrogens is 330 g/mol. The Morgan fingerprint density at radius 2 is 1.92 bits per heavy atom. The van der Waals surface area contributed by atoms with Crippen molar-refractivity contribution in [1.82, 2.24) is 15.5 Å². The first-order chi connectivity index (χ1) is 12.7. The molecule has 1 aromatic rings. The molecule has 0 saturated carbocycles. The van der Waals surface area contributed by atoms with E-state index >= 15 is 0 Å². The molecule has 0 aromatic heterocycles. The van der Waals surface area contributed by atoms with E-state index in [0.717, 1.165) is 37.5 Å². The van der Waals surface area contributed by atoms with Gasteiger partial charge in [-0.25, -0.2) is 0 Å². The van der Waals surface area contributed by atoms with E-state index in [1.165, 1.54) is 12.8 Å². The Bertz CT molecular complexity index is 596. The molecular formula is C20H31N3O3. The molecule has 1 amide bonds. The van der Waals surface area contributed by atoms with Crippen LogP contribution in [0.5, 0.6) is 5.75 Å². The maximum atomic E-state index is 12.9. The van der Waals surface area contributed by atoms with Crippen molar-refractivity contribution in [1.29, 1.82) is 0 Å². The van der Waals surface area contributed by atoms with Crippen LogP contribution in [0.4, 0.5) is 0 Å². The quantitative estimate of drug-likeness (QED) is 0.774. The molecule has 2 N–H and O–H groups in total. The largest absolute Gasteiger partial charge is 0.496 e. The number of nitrogens with zero attached hydrogens (tertiary/aromatic N) is 1. The van der Waals surface area contributed by atoms with Gasteiger partial charge in [0, 0.05) is 19.2 Å². The fourth-order valence-electron chi connectivity index (χ4n) is 4.14. The molecule has 0 spiro atoms. The van der Waals surface area contributed by atoms with Crippen molar-refractivity contribution in [3.05, 3.63) is 29.8 Å². The topological polar surface area (TPSA) is 62.8 Å². The summed E-state index contributed by atoms with van der Waals surface area (Å²) >= 11 is 0. The second kappa shape index (κ2) is 8.84. The number of carbonyl (C=O) groups is 1. The van der Waals surface area contributed by atoms with E-state index in [1.54, 1.807) is 14.2 Å². The first-order valence-corrected chi connectivity index (χ1v) is 9.61. The highest BCUT2D eigenvalue weighted by molar-refractivity contribution is 5.85. The van der Waals surface area contributed by atoms with E-state index < -0.39 is 5.60 Å². The Balaban J connectivity index is 1.75. The van der Waals surface area contributed by atoms with Gasteiger partial charge in [0.15, 0.2) is 0 Å². The molecule has 2 fully saturated rings. The fourth-order valence-corrected chi connectivity index (χ4v) is 4.14. The lowest BCUT2D eigenvalue weighted by molar-refractivity contribution is -0.147. The number of hydrogen-bond acceptors (Lipinski definition) is 5. The molecule has 0 bridgehead atoms. The molecule has 6 nitrogen and oxygen atoms in total. The molecule has 0 radical (unpaired) electrons. The summed E-state index contributed by atoms with van der Waals surface area (Å²) < 4.78 is 11.2. The number of likely N-dealkylation sites (tertiary alicyclic amines) is 1. The third kappa shape index (κ3) is 4.03. The van der Waals surface area contributed by atoms with Gasteiger partial charge in [0.1, 0.15) is 11.4 Å². The van der Waals surface area contributed by atoms with Gasteiger partial charge in [-0.1, -0.05) is 18.2 Å². The van der Waals surface area contributed by atoms with Crippen LogP contribution < -0.4 is 15.4 Å². The summed E-state index contributed by atoms with van der Waals surface area (Å²) in [4.78, 5) is 15.4. The van der Waals surface area contributed by atoms with Crippen molar-refractivity contribution >= 4 is 5.91 Å². The van der Waals surface area contributed by atoms with Crippen molar-refractivity contribution in [2.24, 2.45) is 0 Å². The number of ether oxygens (including phenoxy) is 2. The molecule has 26 heavy (non-hydrogen) atoms. The zero-order valence-electron chi connectivity index (χ0n) is 15.9. The second-order valence-electron chi connectivity index (χ2n) is 7.16. The summed E-state index contributed by atoms with van der Waals surface area (Å²) in [5.74, 6) is 0.877. The summed E-state index contributed by atoms with van der Waals surface area (Å²) in [6, 6.07) is 8.23. The standard InChI is InChI=1S/C20H31N3O3/c1-25-18-8-4-3-7-16(18)17(23-13-5-6-14-23)15-22-19(24)20(26-2)9-11-21-12-10-20/h3-4,7-8,17,21H,5-6,9-15H2,1-2H3,(H,22,24). The number of benzene rings is 1. The van der Waals surface area contributed by atoms with Crippen LogP contribution in [-0.2, 0) is 9.53 Å². The van der Waals surface area contributed by atoms with Crippen molar-refractivity contribution < 1.29 is 14.3 Å². The average Bonchev–Trinajstić information content (AvgIpc) is 3.23. The molecule has 2 saturated heterocycles. The molecule has 144 valence electrons. The number of methoxy groups -OCH3 is 2. The highest BCUT2D eigenvalue weighted by atomic mass is 16.5. The number of rotatable bonds is 7. The monoisotopic (exact) mass is 361 g/mol. The summed E-state index contributed by atoms with van der Waals surface area (Å²) in [5.41, 5.74) is 0.427. The molecule has 2 heterocycles. The summed E-state index contributed by atoms with van der Waals surface area (Å²) in [6.07, 6.45) is 3.82. The Morgan fingerprint density at radius 1 is 1.23 bits per heavy atom. The van der Waals surface area contributed by atoms with Crippen molar-refractivity contribution in [2.75, 3.05) is 46.9 Å². The highest BCUT2D eigenvalue weighted by Gasteiger charge is 2.40. The normalized spacial score (nSPS) is 21.3. The second-order valence-corrected chi connectivity index (χ2v) is 7.16. The number of nitrogens with one attached hydrogen (secondary N) is 2. The molecule has 2 aliphatic heterocycles. The summed E-state index contributed by atoms with van der Waals surface area (Å²) in [7, 11) is 3.34. The third-order valence-corrected chi connectivity index (χ3v) is 5.75. The van der Waals surface area contributed by atoms with Crippen LogP contribution in [0.25, 0.3) is 0 Å². The van der Waals surface area contributed by atoms with Crippen LogP contribution in [0.15, 0.2) is 24.3 Å². The SMILES string of the molecule is COc1ccccc1C(CNC(=O)C1(OC)CCNCC1)N1CCCC1. The van der Waals surface area contributed by atoms with Gasteiger partial charge >= 0.3 is 0 Å². The van der Waals surface area contributed by atoms with Crippen LogP contribution in [0.2, 0.25) is 0 Å². The van der Waals surface area contributed by atoms with Crippen LogP contribution >= 0.6 is 0 Å². The predicted octanol–water partition coefficient (Wildman–Crippen LogP) is 1.72. The predicted molar refractivity (Wildman–Crippen MR) is 101 cm³/mol. The summed E-state index contributed by atoms with van der Waals surface area (Å²) in [6.45, 7) is 4.29. The van der Waals surface area contributed by atoms with E-state index in [-0.39, 0.29) is 11.9 Å². The Hall–Kier alpha value is -1.63. The minimum absolute atomic E-state index is 0.000551. The zero-order chi connectivity index (χ0) is 18.4. The highest BCUT2D eigenvalue weighted by Crippen LogP contribution is 2.31. The average molecular weight is 361 g/mol. The molecule has 1 aromatic carbocycles. The zero-order valence-corrected chi connectivity index (χ0v) is 15.9. The number of piperidine rings is 1. The van der Waals surface area contributed by atoms with E-state index in [2.05, 4.69) is 21.6 Å². The molecule has 2 aliphatic rings. The molecule has 3 rings (SSSR count). The van der Waals surface area contributed by atoms with E-state index in [9.17, 15) is 4.79 Å². The lowest BCUT2D eigenvalue weighted by atomic mass is 9.91.